The number of hydrogen-bond donors (Lipinski definition) is 1. The minimum atomic E-state index is -0.416. The highest BCUT2D eigenvalue weighted by Gasteiger charge is 2.15. The minimum Gasteiger partial charge on any atom is -0.494 e. The van der Waals surface area contributed by atoms with Gasteiger partial charge >= 0.3 is 0 Å². The SMILES string of the molecule is CCOc1ccc(NCc2cn(C)nc2C)c([N+](=O)[O-])c1. The van der Waals surface area contributed by atoms with Crippen molar-refractivity contribution < 1.29 is 9.66 Å². The first kappa shape index (κ1) is 14.8. The molecule has 0 saturated carbocycles. The lowest BCUT2D eigenvalue weighted by atomic mass is 10.2. The molecule has 0 amide bonds. The molecule has 0 aliphatic carbocycles. The Labute approximate surface area is 122 Å². The summed E-state index contributed by atoms with van der Waals surface area (Å²) in [4.78, 5) is 10.7. The molecule has 0 aliphatic heterocycles. The molecular weight excluding hydrogens is 272 g/mol. The summed E-state index contributed by atoms with van der Waals surface area (Å²) >= 11 is 0. The van der Waals surface area contributed by atoms with Crippen LogP contribution in [-0.4, -0.2) is 21.3 Å². The molecule has 2 aromatic rings. The van der Waals surface area contributed by atoms with E-state index < -0.39 is 4.92 Å². The summed E-state index contributed by atoms with van der Waals surface area (Å²) in [5, 5.41) is 18.5. The van der Waals surface area contributed by atoms with E-state index in [0.29, 0.717) is 24.6 Å². The standard InChI is InChI=1S/C14H18N4O3/c1-4-21-12-5-6-13(14(7-12)18(19)20)15-8-11-9-17(3)16-10(11)2/h5-7,9,15H,4,8H2,1-3H3. The van der Waals surface area contributed by atoms with E-state index in [1.54, 1.807) is 16.8 Å². The first-order valence-corrected chi connectivity index (χ1v) is 6.65. The summed E-state index contributed by atoms with van der Waals surface area (Å²) in [5.41, 5.74) is 2.37. The van der Waals surface area contributed by atoms with Crippen LogP contribution in [0.25, 0.3) is 0 Å². The Morgan fingerprint density at radius 3 is 2.81 bits per heavy atom. The fraction of sp³-hybridized carbons (Fsp3) is 0.357. The number of anilines is 1. The maximum Gasteiger partial charge on any atom is 0.296 e. The Morgan fingerprint density at radius 1 is 1.48 bits per heavy atom. The molecule has 0 radical (unpaired) electrons. The molecule has 7 heteroatoms. The molecule has 21 heavy (non-hydrogen) atoms. The molecule has 0 atom stereocenters. The van der Waals surface area contributed by atoms with Gasteiger partial charge in [-0.1, -0.05) is 0 Å². The number of rotatable bonds is 6. The van der Waals surface area contributed by atoms with Crippen LogP contribution >= 0.6 is 0 Å². The van der Waals surface area contributed by atoms with Crippen molar-refractivity contribution in [3.63, 3.8) is 0 Å². The largest absolute Gasteiger partial charge is 0.494 e. The molecular formula is C14H18N4O3. The van der Waals surface area contributed by atoms with E-state index in [2.05, 4.69) is 10.4 Å². The zero-order valence-electron chi connectivity index (χ0n) is 12.3. The molecule has 0 saturated heterocycles. The number of nitro benzene ring substituents is 1. The average molecular weight is 290 g/mol. The van der Waals surface area contributed by atoms with Crippen molar-refractivity contribution >= 4 is 11.4 Å². The number of hydrogen-bond acceptors (Lipinski definition) is 5. The van der Waals surface area contributed by atoms with Crippen LogP contribution in [0.1, 0.15) is 18.2 Å². The van der Waals surface area contributed by atoms with E-state index in [9.17, 15) is 10.1 Å². The summed E-state index contributed by atoms with van der Waals surface area (Å²) in [5.74, 6) is 0.493. The number of ether oxygens (including phenoxy) is 1. The van der Waals surface area contributed by atoms with Gasteiger partial charge < -0.3 is 10.1 Å². The third kappa shape index (κ3) is 3.50. The molecule has 0 aliphatic rings. The van der Waals surface area contributed by atoms with Crippen LogP contribution in [0.2, 0.25) is 0 Å². The maximum atomic E-state index is 11.2. The van der Waals surface area contributed by atoms with Crippen LogP contribution < -0.4 is 10.1 Å². The number of nitrogens with one attached hydrogen (secondary N) is 1. The normalized spacial score (nSPS) is 10.4. The summed E-state index contributed by atoms with van der Waals surface area (Å²) in [6, 6.07) is 4.81. The van der Waals surface area contributed by atoms with Gasteiger partial charge in [0, 0.05) is 25.4 Å². The Morgan fingerprint density at radius 2 is 2.24 bits per heavy atom. The molecule has 0 fully saturated rings. The van der Waals surface area contributed by atoms with Gasteiger partial charge in [-0.05, 0) is 26.0 Å². The number of nitrogens with zero attached hydrogens (tertiary/aromatic N) is 3. The van der Waals surface area contributed by atoms with Gasteiger partial charge in [0.15, 0.2) is 0 Å². The molecule has 1 aromatic heterocycles. The maximum absolute atomic E-state index is 11.2. The Kier molecular flexibility index (Phi) is 4.42. The molecule has 1 N–H and O–H groups in total. The van der Waals surface area contributed by atoms with Crippen LogP contribution in [0.5, 0.6) is 5.75 Å². The lowest BCUT2D eigenvalue weighted by Gasteiger charge is -2.08. The van der Waals surface area contributed by atoms with Crippen molar-refractivity contribution in [1.82, 2.24) is 9.78 Å². The molecule has 0 bridgehead atoms. The van der Waals surface area contributed by atoms with Crippen LogP contribution in [0.3, 0.4) is 0 Å². The Balaban J connectivity index is 2.19. The smallest absolute Gasteiger partial charge is 0.296 e. The second-order valence-electron chi connectivity index (χ2n) is 4.64. The van der Waals surface area contributed by atoms with Crippen molar-refractivity contribution in [2.24, 2.45) is 7.05 Å². The van der Waals surface area contributed by atoms with Crippen molar-refractivity contribution in [3.8, 4) is 5.75 Å². The summed E-state index contributed by atoms with van der Waals surface area (Å²) in [7, 11) is 1.84. The zero-order valence-corrected chi connectivity index (χ0v) is 12.3. The molecule has 0 unspecified atom stereocenters. The van der Waals surface area contributed by atoms with Gasteiger partial charge in [-0.3, -0.25) is 14.8 Å². The first-order chi connectivity index (χ1) is 10.0. The molecule has 0 spiro atoms. The van der Waals surface area contributed by atoms with Crippen molar-refractivity contribution in [2.45, 2.75) is 20.4 Å². The fourth-order valence-corrected chi connectivity index (χ4v) is 2.08. The highest BCUT2D eigenvalue weighted by atomic mass is 16.6. The number of aromatic nitrogens is 2. The summed E-state index contributed by atoms with van der Waals surface area (Å²) in [6.45, 7) is 4.69. The van der Waals surface area contributed by atoms with Gasteiger partial charge in [0.2, 0.25) is 0 Å². The highest BCUT2D eigenvalue weighted by Crippen LogP contribution is 2.29. The van der Waals surface area contributed by atoms with Gasteiger partial charge in [0.25, 0.3) is 5.69 Å². The minimum absolute atomic E-state index is 0.00231. The van der Waals surface area contributed by atoms with Gasteiger partial charge in [0.1, 0.15) is 11.4 Å². The predicted molar refractivity (Wildman–Crippen MR) is 79.5 cm³/mol. The van der Waals surface area contributed by atoms with Crippen LogP contribution in [0, 0.1) is 17.0 Å². The highest BCUT2D eigenvalue weighted by molar-refractivity contribution is 5.64. The molecule has 1 heterocycles. The molecule has 7 nitrogen and oxygen atoms in total. The third-order valence-corrected chi connectivity index (χ3v) is 3.06. The number of aryl methyl sites for hydroxylation is 2. The lowest BCUT2D eigenvalue weighted by molar-refractivity contribution is -0.384. The molecule has 2 rings (SSSR count). The van der Waals surface area contributed by atoms with Crippen molar-refractivity contribution in [2.75, 3.05) is 11.9 Å². The predicted octanol–water partition coefficient (Wildman–Crippen LogP) is 2.65. The van der Waals surface area contributed by atoms with Crippen molar-refractivity contribution in [1.29, 1.82) is 0 Å². The van der Waals surface area contributed by atoms with E-state index in [-0.39, 0.29) is 5.69 Å². The summed E-state index contributed by atoms with van der Waals surface area (Å²) in [6.07, 6.45) is 1.89. The number of nitro groups is 1. The topological polar surface area (TPSA) is 82.2 Å². The average Bonchev–Trinajstić information content (AvgIpc) is 2.75. The quantitative estimate of drug-likeness (QED) is 0.653. The number of benzene rings is 1. The molecule has 1 aromatic carbocycles. The Bertz CT molecular complexity index is 652. The third-order valence-electron chi connectivity index (χ3n) is 3.06. The van der Waals surface area contributed by atoms with Crippen LogP contribution in [-0.2, 0) is 13.6 Å². The van der Waals surface area contributed by atoms with Crippen LogP contribution in [0.4, 0.5) is 11.4 Å². The van der Waals surface area contributed by atoms with Crippen molar-refractivity contribution in [3.05, 3.63) is 45.8 Å². The Hall–Kier alpha value is -2.57. The summed E-state index contributed by atoms with van der Waals surface area (Å²) < 4.78 is 7.01. The van der Waals surface area contributed by atoms with E-state index in [1.165, 1.54) is 6.07 Å². The second-order valence-corrected chi connectivity index (χ2v) is 4.64. The van der Waals surface area contributed by atoms with E-state index in [4.69, 9.17) is 4.74 Å². The van der Waals surface area contributed by atoms with E-state index in [0.717, 1.165) is 11.3 Å². The van der Waals surface area contributed by atoms with E-state index in [1.807, 2.05) is 27.1 Å². The first-order valence-electron chi connectivity index (χ1n) is 6.65. The monoisotopic (exact) mass is 290 g/mol. The van der Waals surface area contributed by atoms with E-state index >= 15 is 0 Å². The molecule has 112 valence electrons. The van der Waals surface area contributed by atoms with Gasteiger partial charge in [-0.15, -0.1) is 0 Å². The fourth-order valence-electron chi connectivity index (χ4n) is 2.08. The van der Waals surface area contributed by atoms with Gasteiger partial charge in [0.05, 0.1) is 23.3 Å². The van der Waals surface area contributed by atoms with Crippen LogP contribution in [0.15, 0.2) is 24.4 Å². The lowest BCUT2D eigenvalue weighted by Crippen LogP contribution is -2.03. The second kappa shape index (κ2) is 6.25. The van der Waals surface area contributed by atoms with Gasteiger partial charge in [-0.2, -0.15) is 5.10 Å². The van der Waals surface area contributed by atoms with Gasteiger partial charge in [-0.25, -0.2) is 0 Å². The zero-order chi connectivity index (χ0) is 15.4.